The average molecular weight is 410 g/mol. The number of ether oxygens (including phenoxy) is 1. The maximum Gasteiger partial charge on any atom is 0.262 e. The summed E-state index contributed by atoms with van der Waals surface area (Å²) in [6, 6.07) is 20.3. The number of sulfonamides is 1. The van der Waals surface area contributed by atoms with Crippen LogP contribution in [0.1, 0.15) is 11.1 Å². The summed E-state index contributed by atoms with van der Waals surface area (Å²) in [6.45, 7) is 3.71. The SMILES string of the molecule is Cc1ccc(NS(=O)(=O)c2ccc(OCC(=O)Nc3ccccc3)cc2)cc1C. The molecule has 1 amide bonds. The quantitative estimate of drug-likeness (QED) is 0.614. The van der Waals surface area contributed by atoms with Crippen LogP contribution in [0.5, 0.6) is 5.75 Å². The Labute approximate surface area is 170 Å². The number of hydrogen-bond donors (Lipinski definition) is 2. The molecule has 3 aromatic carbocycles. The van der Waals surface area contributed by atoms with Gasteiger partial charge in [0.2, 0.25) is 0 Å². The van der Waals surface area contributed by atoms with Crippen LogP contribution < -0.4 is 14.8 Å². The fraction of sp³-hybridized carbons (Fsp3) is 0.136. The molecule has 0 aromatic heterocycles. The molecule has 0 saturated carbocycles. The molecule has 29 heavy (non-hydrogen) atoms. The largest absolute Gasteiger partial charge is 0.484 e. The van der Waals surface area contributed by atoms with Crippen molar-refractivity contribution in [2.24, 2.45) is 0 Å². The van der Waals surface area contributed by atoms with Gasteiger partial charge >= 0.3 is 0 Å². The molecule has 3 aromatic rings. The van der Waals surface area contributed by atoms with Gasteiger partial charge in [-0.1, -0.05) is 24.3 Å². The lowest BCUT2D eigenvalue weighted by molar-refractivity contribution is -0.118. The maximum atomic E-state index is 12.6. The first-order valence-corrected chi connectivity index (χ1v) is 10.5. The van der Waals surface area contributed by atoms with Gasteiger partial charge in [-0.15, -0.1) is 0 Å². The van der Waals surface area contributed by atoms with Crippen molar-refractivity contribution in [1.82, 2.24) is 0 Å². The number of anilines is 2. The molecular weight excluding hydrogens is 388 g/mol. The third-order valence-corrected chi connectivity index (χ3v) is 5.72. The Bertz CT molecular complexity index is 1100. The van der Waals surface area contributed by atoms with Crippen LogP contribution in [0.4, 0.5) is 11.4 Å². The van der Waals surface area contributed by atoms with E-state index in [0.717, 1.165) is 11.1 Å². The second-order valence-electron chi connectivity index (χ2n) is 6.58. The molecule has 0 heterocycles. The van der Waals surface area contributed by atoms with E-state index in [0.29, 0.717) is 17.1 Å². The van der Waals surface area contributed by atoms with Gasteiger partial charge in [0.25, 0.3) is 15.9 Å². The van der Waals surface area contributed by atoms with E-state index < -0.39 is 10.0 Å². The van der Waals surface area contributed by atoms with Gasteiger partial charge in [0, 0.05) is 11.4 Å². The van der Waals surface area contributed by atoms with Crippen molar-refractivity contribution in [3.8, 4) is 5.75 Å². The second-order valence-corrected chi connectivity index (χ2v) is 8.26. The van der Waals surface area contributed by atoms with Crippen molar-refractivity contribution in [2.45, 2.75) is 18.7 Å². The van der Waals surface area contributed by atoms with Gasteiger partial charge in [-0.2, -0.15) is 0 Å². The van der Waals surface area contributed by atoms with Crippen LogP contribution in [0.25, 0.3) is 0 Å². The Morgan fingerprint density at radius 3 is 2.21 bits per heavy atom. The Balaban J connectivity index is 1.60. The summed E-state index contributed by atoms with van der Waals surface area (Å²) in [7, 11) is -3.72. The lowest BCUT2D eigenvalue weighted by atomic mass is 10.1. The summed E-state index contributed by atoms with van der Waals surface area (Å²) in [5.74, 6) is 0.0997. The molecule has 2 N–H and O–H groups in total. The molecule has 0 unspecified atom stereocenters. The predicted octanol–water partition coefficient (Wildman–Crippen LogP) is 4.12. The molecule has 150 valence electrons. The topological polar surface area (TPSA) is 84.5 Å². The van der Waals surface area contributed by atoms with E-state index >= 15 is 0 Å². The fourth-order valence-corrected chi connectivity index (χ4v) is 3.65. The molecule has 0 aliphatic carbocycles. The van der Waals surface area contributed by atoms with Crippen LogP contribution in [0.15, 0.2) is 77.7 Å². The maximum absolute atomic E-state index is 12.6. The van der Waals surface area contributed by atoms with Gasteiger partial charge in [0.05, 0.1) is 4.90 Å². The van der Waals surface area contributed by atoms with E-state index in [2.05, 4.69) is 10.0 Å². The molecule has 3 rings (SSSR count). The summed E-state index contributed by atoms with van der Waals surface area (Å²) < 4.78 is 33.1. The minimum absolute atomic E-state index is 0.108. The highest BCUT2D eigenvalue weighted by molar-refractivity contribution is 7.92. The summed E-state index contributed by atoms with van der Waals surface area (Å²) >= 11 is 0. The lowest BCUT2D eigenvalue weighted by Crippen LogP contribution is -2.20. The average Bonchev–Trinajstić information content (AvgIpc) is 2.70. The van der Waals surface area contributed by atoms with Crippen LogP contribution in [-0.2, 0) is 14.8 Å². The first kappa shape index (κ1) is 20.4. The number of benzene rings is 3. The van der Waals surface area contributed by atoms with Crippen LogP contribution >= 0.6 is 0 Å². The van der Waals surface area contributed by atoms with Gasteiger partial charge in [0.1, 0.15) is 5.75 Å². The smallest absolute Gasteiger partial charge is 0.262 e. The highest BCUT2D eigenvalue weighted by Crippen LogP contribution is 2.21. The van der Waals surface area contributed by atoms with E-state index in [1.165, 1.54) is 24.3 Å². The third-order valence-electron chi connectivity index (χ3n) is 4.32. The van der Waals surface area contributed by atoms with E-state index in [9.17, 15) is 13.2 Å². The molecule has 0 spiro atoms. The monoisotopic (exact) mass is 410 g/mol. The molecule has 6 nitrogen and oxygen atoms in total. The zero-order chi connectivity index (χ0) is 20.9. The van der Waals surface area contributed by atoms with Crippen LogP contribution in [0.2, 0.25) is 0 Å². The highest BCUT2D eigenvalue weighted by Gasteiger charge is 2.15. The first-order chi connectivity index (χ1) is 13.8. The summed E-state index contributed by atoms with van der Waals surface area (Å²) in [5.41, 5.74) is 3.28. The van der Waals surface area contributed by atoms with Crippen LogP contribution in [0, 0.1) is 13.8 Å². The van der Waals surface area contributed by atoms with Crippen molar-refractivity contribution in [2.75, 3.05) is 16.6 Å². The van der Waals surface area contributed by atoms with Crippen molar-refractivity contribution in [1.29, 1.82) is 0 Å². The van der Waals surface area contributed by atoms with Crippen molar-refractivity contribution in [3.63, 3.8) is 0 Å². The molecule has 7 heteroatoms. The third kappa shape index (κ3) is 5.58. The van der Waals surface area contributed by atoms with Gasteiger partial charge < -0.3 is 10.1 Å². The summed E-state index contributed by atoms with van der Waals surface area (Å²) in [6.07, 6.45) is 0. The van der Waals surface area contributed by atoms with E-state index in [4.69, 9.17) is 4.74 Å². The number of hydrogen-bond acceptors (Lipinski definition) is 4. The Morgan fingerprint density at radius 2 is 1.55 bits per heavy atom. The van der Waals surface area contributed by atoms with Gasteiger partial charge in [-0.25, -0.2) is 8.42 Å². The number of nitrogens with one attached hydrogen (secondary N) is 2. The summed E-state index contributed by atoms with van der Waals surface area (Å²) in [5, 5.41) is 2.71. The molecule has 0 fully saturated rings. The molecule has 0 radical (unpaired) electrons. The zero-order valence-electron chi connectivity index (χ0n) is 16.2. The molecular formula is C22H22N2O4S. The molecule has 0 aliphatic rings. The molecule has 0 atom stereocenters. The van der Waals surface area contributed by atoms with Gasteiger partial charge in [-0.3, -0.25) is 9.52 Å². The Morgan fingerprint density at radius 1 is 0.862 bits per heavy atom. The second kappa shape index (κ2) is 8.79. The normalized spacial score (nSPS) is 11.0. The fourth-order valence-electron chi connectivity index (χ4n) is 2.60. The van der Waals surface area contributed by atoms with E-state index in [1.54, 1.807) is 24.3 Å². The van der Waals surface area contributed by atoms with Gasteiger partial charge in [-0.05, 0) is 73.5 Å². The van der Waals surface area contributed by atoms with Gasteiger partial charge in [0.15, 0.2) is 6.61 Å². The number of carbonyl (C=O) groups is 1. The molecule has 0 saturated heterocycles. The van der Waals surface area contributed by atoms with Crippen molar-refractivity contribution >= 4 is 27.3 Å². The Kier molecular flexibility index (Phi) is 6.19. The predicted molar refractivity (Wildman–Crippen MR) is 114 cm³/mol. The number of rotatable bonds is 7. The number of para-hydroxylation sites is 1. The first-order valence-electron chi connectivity index (χ1n) is 9.01. The highest BCUT2D eigenvalue weighted by atomic mass is 32.2. The Hall–Kier alpha value is -3.32. The zero-order valence-corrected chi connectivity index (χ0v) is 17.0. The molecule has 0 aliphatic heterocycles. The number of amides is 1. The summed E-state index contributed by atoms with van der Waals surface area (Å²) in [4.78, 5) is 12.0. The van der Waals surface area contributed by atoms with Crippen LogP contribution in [-0.4, -0.2) is 20.9 Å². The van der Waals surface area contributed by atoms with Crippen molar-refractivity contribution in [3.05, 3.63) is 83.9 Å². The van der Waals surface area contributed by atoms with E-state index in [-0.39, 0.29) is 17.4 Å². The lowest BCUT2D eigenvalue weighted by Gasteiger charge is -2.11. The van der Waals surface area contributed by atoms with E-state index in [1.807, 2.05) is 38.1 Å². The minimum Gasteiger partial charge on any atom is -0.484 e. The number of carbonyl (C=O) groups excluding carboxylic acids is 1. The van der Waals surface area contributed by atoms with Crippen molar-refractivity contribution < 1.29 is 17.9 Å². The standard InChI is InChI=1S/C22H22N2O4S/c1-16-8-9-19(14-17(16)2)24-29(26,27)21-12-10-20(11-13-21)28-15-22(25)23-18-6-4-3-5-7-18/h3-14,24H,15H2,1-2H3,(H,23,25). The minimum atomic E-state index is -3.72. The van der Waals surface area contributed by atoms with Crippen LogP contribution in [0.3, 0.4) is 0 Å². The number of aryl methyl sites for hydroxylation is 2. The molecule has 0 bridgehead atoms.